The highest BCUT2D eigenvalue weighted by Crippen LogP contribution is 2.09. The van der Waals surface area contributed by atoms with Crippen molar-refractivity contribution < 1.29 is 14.7 Å². The van der Waals surface area contributed by atoms with Crippen LogP contribution in [0, 0.1) is 5.92 Å². The van der Waals surface area contributed by atoms with Gasteiger partial charge in [0.15, 0.2) is 0 Å². The van der Waals surface area contributed by atoms with Crippen LogP contribution in [0.5, 0.6) is 0 Å². The van der Waals surface area contributed by atoms with Crippen LogP contribution in [-0.2, 0) is 4.79 Å². The Balaban J connectivity index is 2.51. The SMILES string of the molecule is CC(C)C[C@H](NC(=O)NC(C)c1cn[nH]c1)C(=O)O. The Bertz CT molecular complexity index is 417. The number of nitrogens with zero attached hydrogens (tertiary/aromatic N) is 1. The van der Waals surface area contributed by atoms with Crippen LogP contribution in [0.1, 0.15) is 38.8 Å². The van der Waals surface area contributed by atoms with Gasteiger partial charge >= 0.3 is 12.0 Å². The molecule has 0 aromatic carbocycles. The van der Waals surface area contributed by atoms with Gasteiger partial charge in [-0.2, -0.15) is 5.10 Å². The maximum absolute atomic E-state index is 11.7. The van der Waals surface area contributed by atoms with E-state index in [2.05, 4.69) is 20.8 Å². The zero-order chi connectivity index (χ0) is 14.4. The Hall–Kier alpha value is -2.05. The topological polar surface area (TPSA) is 107 Å². The number of carboxylic acid groups (broad SMARTS) is 1. The summed E-state index contributed by atoms with van der Waals surface area (Å²) in [7, 11) is 0. The molecule has 2 atom stereocenters. The van der Waals surface area contributed by atoms with E-state index in [0.717, 1.165) is 5.56 Å². The molecule has 0 aliphatic heterocycles. The van der Waals surface area contributed by atoms with E-state index in [4.69, 9.17) is 5.11 Å². The zero-order valence-electron chi connectivity index (χ0n) is 11.3. The average molecular weight is 268 g/mol. The number of hydrogen-bond donors (Lipinski definition) is 4. The number of hydrogen-bond acceptors (Lipinski definition) is 3. The largest absolute Gasteiger partial charge is 0.480 e. The van der Waals surface area contributed by atoms with Crippen molar-refractivity contribution in [2.75, 3.05) is 0 Å². The Morgan fingerprint density at radius 2 is 2.05 bits per heavy atom. The fraction of sp³-hybridized carbons (Fsp3) is 0.583. The predicted molar refractivity (Wildman–Crippen MR) is 69.5 cm³/mol. The molecule has 0 fully saturated rings. The number of amides is 2. The van der Waals surface area contributed by atoms with Crippen molar-refractivity contribution in [1.29, 1.82) is 0 Å². The number of H-pyrrole nitrogens is 1. The van der Waals surface area contributed by atoms with Crippen molar-refractivity contribution >= 4 is 12.0 Å². The van der Waals surface area contributed by atoms with E-state index in [1.165, 1.54) is 0 Å². The number of carbonyl (C=O) groups excluding carboxylic acids is 1. The number of nitrogens with one attached hydrogen (secondary N) is 3. The minimum absolute atomic E-state index is 0.188. The summed E-state index contributed by atoms with van der Waals surface area (Å²) >= 11 is 0. The summed E-state index contributed by atoms with van der Waals surface area (Å²) in [6, 6.07) is -1.62. The molecule has 1 heterocycles. The quantitative estimate of drug-likeness (QED) is 0.623. The van der Waals surface area contributed by atoms with E-state index in [1.54, 1.807) is 19.3 Å². The van der Waals surface area contributed by atoms with Crippen molar-refractivity contribution in [2.24, 2.45) is 5.92 Å². The second kappa shape index (κ2) is 6.77. The average Bonchev–Trinajstić information content (AvgIpc) is 2.80. The van der Waals surface area contributed by atoms with Gasteiger partial charge in [0.25, 0.3) is 0 Å². The van der Waals surface area contributed by atoms with Gasteiger partial charge in [0.05, 0.1) is 12.2 Å². The Kier molecular flexibility index (Phi) is 5.35. The Morgan fingerprint density at radius 1 is 1.37 bits per heavy atom. The van der Waals surface area contributed by atoms with Crippen LogP contribution in [-0.4, -0.2) is 33.3 Å². The fourth-order valence-corrected chi connectivity index (χ4v) is 1.67. The molecule has 0 saturated carbocycles. The van der Waals surface area contributed by atoms with E-state index in [0.29, 0.717) is 6.42 Å². The summed E-state index contributed by atoms with van der Waals surface area (Å²) in [5, 5.41) is 20.6. The normalized spacial score (nSPS) is 13.9. The third kappa shape index (κ3) is 4.99. The van der Waals surface area contributed by atoms with Crippen LogP contribution in [0.15, 0.2) is 12.4 Å². The van der Waals surface area contributed by atoms with E-state index in [1.807, 2.05) is 13.8 Å². The van der Waals surface area contributed by atoms with Gasteiger partial charge in [-0.25, -0.2) is 9.59 Å². The molecule has 1 aromatic heterocycles. The van der Waals surface area contributed by atoms with Crippen LogP contribution >= 0.6 is 0 Å². The summed E-state index contributed by atoms with van der Waals surface area (Å²) in [5.74, 6) is -0.840. The molecule has 2 amide bonds. The van der Waals surface area contributed by atoms with E-state index in [9.17, 15) is 9.59 Å². The minimum atomic E-state index is -1.03. The van der Waals surface area contributed by atoms with Gasteiger partial charge in [-0.05, 0) is 19.3 Å². The van der Waals surface area contributed by atoms with Crippen LogP contribution in [0.3, 0.4) is 0 Å². The fourth-order valence-electron chi connectivity index (χ4n) is 1.67. The lowest BCUT2D eigenvalue weighted by Gasteiger charge is -2.19. The van der Waals surface area contributed by atoms with Crippen molar-refractivity contribution in [1.82, 2.24) is 20.8 Å². The second-order valence-electron chi connectivity index (χ2n) is 4.89. The molecule has 0 spiro atoms. The molecule has 1 aromatic rings. The molecule has 4 N–H and O–H groups in total. The first-order valence-electron chi connectivity index (χ1n) is 6.18. The highest BCUT2D eigenvalue weighted by Gasteiger charge is 2.21. The van der Waals surface area contributed by atoms with E-state index < -0.39 is 18.0 Å². The third-order valence-electron chi connectivity index (χ3n) is 2.68. The molecule has 0 aliphatic rings. The number of aromatic amines is 1. The van der Waals surface area contributed by atoms with Crippen LogP contribution in [0.4, 0.5) is 4.79 Å². The maximum Gasteiger partial charge on any atom is 0.326 e. The highest BCUT2D eigenvalue weighted by atomic mass is 16.4. The van der Waals surface area contributed by atoms with Crippen molar-refractivity contribution in [3.63, 3.8) is 0 Å². The van der Waals surface area contributed by atoms with Crippen LogP contribution < -0.4 is 10.6 Å². The molecule has 0 bridgehead atoms. The number of rotatable bonds is 6. The van der Waals surface area contributed by atoms with Crippen molar-refractivity contribution in [2.45, 2.75) is 39.3 Å². The number of carbonyl (C=O) groups is 2. The molecule has 0 saturated heterocycles. The van der Waals surface area contributed by atoms with Crippen LogP contribution in [0.25, 0.3) is 0 Å². The molecule has 7 heteroatoms. The second-order valence-corrected chi connectivity index (χ2v) is 4.89. The minimum Gasteiger partial charge on any atom is -0.480 e. The maximum atomic E-state index is 11.7. The zero-order valence-corrected chi connectivity index (χ0v) is 11.3. The van der Waals surface area contributed by atoms with Gasteiger partial charge < -0.3 is 15.7 Å². The molecule has 1 unspecified atom stereocenters. The monoisotopic (exact) mass is 268 g/mol. The van der Waals surface area contributed by atoms with Crippen molar-refractivity contribution in [3.8, 4) is 0 Å². The van der Waals surface area contributed by atoms with Gasteiger partial charge in [-0.3, -0.25) is 5.10 Å². The predicted octanol–water partition coefficient (Wildman–Crippen LogP) is 1.27. The molecular weight excluding hydrogens is 248 g/mol. The van der Waals surface area contributed by atoms with Gasteiger partial charge in [-0.1, -0.05) is 13.8 Å². The number of aliphatic carboxylic acids is 1. The smallest absolute Gasteiger partial charge is 0.326 e. The van der Waals surface area contributed by atoms with E-state index >= 15 is 0 Å². The molecule has 0 aliphatic carbocycles. The van der Waals surface area contributed by atoms with Gasteiger partial charge in [-0.15, -0.1) is 0 Å². The highest BCUT2D eigenvalue weighted by molar-refractivity contribution is 5.82. The molecule has 1 rings (SSSR count). The van der Waals surface area contributed by atoms with Gasteiger partial charge in [0.1, 0.15) is 6.04 Å². The van der Waals surface area contributed by atoms with Gasteiger partial charge in [0, 0.05) is 11.8 Å². The number of aromatic nitrogens is 2. The summed E-state index contributed by atoms with van der Waals surface area (Å²) in [6.45, 7) is 5.61. The molecular formula is C12H20N4O3. The first-order valence-corrected chi connectivity index (χ1v) is 6.18. The summed E-state index contributed by atoms with van der Waals surface area (Å²) < 4.78 is 0. The summed E-state index contributed by atoms with van der Waals surface area (Å²) in [5.41, 5.74) is 0.825. The Labute approximate surface area is 111 Å². The van der Waals surface area contributed by atoms with E-state index in [-0.39, 0.29) is 12.0 Å². The third-order valence-corrected chi connectivity index (χ3v) is 2.68. The van der Waals surface area contributed by atoms with Crippen molar-refractivity contribution in [3.05, 3.63) is 18.0 Å². The standard InChI is InChI=1S/C12H20N4O3/c1-7(2)4-10(11(17)18)16-12(19)15-8(3)9-5-13-14-6-9/h5-8,10H,4H2,1-3H3,(H,13,14)(H,17,18)(H2,15,16,19)/t8?,10-/m0/s1. The number of urea groups is 1. The summed E-state index contributed by atoms with van der Waals surface area (Å²) in [4.78, 5) is 22.8. The number of carboxylic acids is 1. The first kappa shape index (κ1) is 15.0. The lowest BCUT2D eigenvalue weighted by molar-refractivity contribution is -0.139. The summed E-state index contributed by atoms with van der Waals surface area (Å²) in [6.07, 6.45) is 3.67. The lowest BCUT2D eigenvalue weighted by atomic mass is 10.0. The molecule has 106 valence electrons. The lowest BCUT2D eigenvalue weighted by Crippen LogP contribution is -2.47. The Morgan fingerprint density at radius 3 is 2.53 bits per heavy atom. The molecule has 19 heavy (non-hydrogen) atoms. The molecule has 7 nitrogen and oxygen atoms in total. The van der Waals surface area contributed by atoms with Gasteiger partial charge in [0.2, 0.25) is 0 Å². The van der Waals surface area contributed by atoms with Crippen LogP contribution in [0.2, 0.25) is 0 Å². The molecule has 0 radical (unpaired) electrons. The first-order chi connectivity index (χ1) is 8.90.